The lowest BCUT2D eigenvalue weighted by atomic mass is 10.0. The molecule has 0 saturated heterocycles. The molecule has 128 valence electrons. The molecule has 0 radical (unpaired) electrons. The van der Waals surface area contributed by atoms with Gasteiger partial charge in [0.25, 0.3) is 0 Å². The van der Waals surface area contributed by atoms with Gasteiger partial charge in [0.1, 0.15) is 15.4 Å². The highest BCUT2D eigenvalue weighted by Gasteiger charge is 2.21. The first-order chi connectivity index (χ1) is 11.9. The number of carbonyl (C=O) groups is 1. The number of fused-ring (bicyclic) bond motifs is 1. The fourth-order valence-electron chi connectivity index (χ4n) is 2.50. The van der Waals surface area contributed by atoms with Crippen LogP contribution in [0.1, 0.15) is 15.4 Å². The highest BCUT2D eigenvalue weighted by Crippen LogP contribution is 2.43. The van der Waals surface area contributed by atoms with Crippen molar-refractivity contribution in [2.45, 2.75) is 6.92 Å². The van der Waals surface area contributed by atoms with Crippen LogP contribution in [0.2, 0.25) is 5.02 Å². The maximum Gasteiger partial charge on any atom is 0.348 e. The van der Waals surface area contributed by atoms with Gasteiger partial charge in [0.05, 0.1) is 6.34 Å². The van der Waals surface area contributed by atoms with Gasteiger partial charge in [-0.2, -0.15) is 0 Å². The molecule has 0 saturated carbocycles. The lowest BCUT2D eigenvalue weighted by Crippen LogP contribution is -2.07. The van der Waals surface area contributed by atoms with E-state index in [1.165, 1.54) is 0 Å². The summed E-state index contributed by atoms with van der Waals surface area (Å²) < 4.78 is 0. The molecular weight excluding hydrogens is 358 g/mol. The summed E-state index contributed by atoms with van der Waals surface area (Å²) in [7, 11) is 3.67. The molecule has 0 bridgehead atoms. The predicted octanol–water partition coefficient (Wildman–Crippen LogP) is 4.84. The van der Waals surface area contributed by atoms with Crippen molar-refractivity contribution in [3.8, 4) is 11.1 Å². The standard InChI is InChI=1S/C18H16ClN3O2S/c1-10-8-13(11-4-6-12(19)7-5-11)14-15(20-9-22(2)3)16(18(23)24)25-17(14)21-10/h4-9H,1-3H3,(H,23,24). The minimum Gasteiger partial charge on any atom is -0.477 e. The molecule has 0 fully saturated rings. The Morgan fingerprint density at radius 2 is 2.00 bits per heavy atom. The molecule has 0 spiro atoms. The number of aromatic nitrogens is 1. The fourth-order valence-corrected chi connectivity index (χ4v) is 3.66. The van der Waals surface area contributed by atoms with Crippen molar-refractivity contribution < 1.29 is 9.90 Å². The first kappa shape index (κ1) is 17.4. The zero-order valence-corrected chi connectivity index (χ0v) is 15.5. The number of nitrogens with zero attached hydrogens (tertiary/aromatic N) is 3. The topological polar surface area (TPSA) is 65.8 Å². The number of pyridine rings is 1. The zero-order valence-electron chi connectivity index (χ0n) is 13.9. The number of rotatable bonds is 4. The van der Waals surface area contributed by atoms with Gasteiger partial charge in [0.15, 0.2) is 0 Å². The summed E-state index contributed by atoms with van der Waals surface area (Å²) in [4.78, 5) is 23.2. The second-order valence-corrected chi connectivity index (χ2v) is 7.23. The molecule has 25 heavy (non-hydrogen) atoms. The lowest BCUT2D eigenvalue weighted by Gasteiger charge is -2.08. The van der Waals surface area contributed by atoms with E-state index in [1.54, 1.807) is 11.2 Å². The Morgan fingerprint density at radius 1 is 1.32 bits per heavy atom. The van der Waals surface area contributed by atoms with Gasteiger partial charge in [-0.1, -0.05) is 23.7 Å². The van der Waals surface area contributed by atoms with Crippen molar-refractivity contribution in [3.05, 3.63) is 45.9 Å². The first-order valence-corrected chi connectivity index (χ1v) is 8.70. The van der Waals surface area contributed by atoms with Crippen LogP contribution in [0, 0.1) is 6.92 Å². The Morgan fingerprint density at radius 3 is 2.60 bits per heavy atom. The average molecular weight is 374 g/mol. The van der Waals surface area contributed by atoms with E-state index in [9.17, 15) is 9.90 Å². The van der Waals surface area contributed by atoms with E-state index in [0.717, 1.165) is 33.5 Å². The molecule has 0 aliphatic heterocycles. The Balaban J connectivity index is 2.36. The van der Waals surface area contributed by atoms with Gasteiger partial charge in [0, 0.05) is 30.2 Å². The molecule has 2 heterocycles. The van der Waals surface area contributed by atoms with Gasteiger partial charge in [-0.3, -0.25) is 0 Å². The number of carboxylic acid groups (broad SMARTS) is 1. The third kappa shape index (κ3) is 3.50. The normalized spacial score (nSPS) is 11.4. The van der Waals surface area contributed by atoms with Gasteiger partial charge in [-0.25, -0.2) is 14.8 Å². The molecule has 3 aromatic rings. The SMILES string of the molecule is Cc1cc(-c2ccc(Cl)cc2)c2c(N=CN(C)C)c(C(=O)O)sc2n1. The monoisotopic (exact) mass is 373 g/mol. The first-order valence-electron chi connectivity index (χ1n) is 7.51. The molecule has 2 aromatic heterocycles. The van der Waals surface area contributed by atoms with Crippen LogP contribution in [0.4, 0.5) is 5.69 Å². The summed E-state index contributed by atoms with van der Waals surface area (Å²) >= 11 is 7.13. The molecule has 3 rings (SSSR count). The number of aryl methyl sites for hydroxylation is 1. The van der Waals surface area contributed by atoms with E-state index >= 15 is 0 Å². The van der Waals surface area contributed by atoms with Crippen molar-refractivity contribution in [2.24, 2.45) is 4.99 Å². The molecule has 7 heteroatoms. The third-order valence-electron chi connectivity index (χ3n) is 3.53. The van der Waals surface area contributed by atoms with Crippen molar-refractivity contribution >= 4 is 51.1 Å². The van der Waals surface area contributed by atoms with E-state index < -0.39 is 5.97 Å². The van der Waals surface area contributed by atoms with E-state index in [0.29, 0.717) is 15.5 Å². The molecule has 0 aliphatic rings. The van der Waals surface area contributed by atoms with Crippen LogP contribution in [0.5, 0.6) is 0 Å². The number of aliphatic imine (C=N–C) groups is 1. The summed E-state index contributed by atoms with van der Waals surface area (Å²) in [6, 6.07) is 9.39. The number of thiophene rings is 1. The lowest BCUT2D eigenvalue weighted by molar-refractivity contribution is 0.0703. The predicted molar refractivity (Wildman–Crippen MR) is 104 cm³/mol. The van der Waals surface area contributed by atoms with Crippen LogP contribution in [0.15, 0.2) is 35.3 Å². The van der Waals surface area contributed by atoms with Crippen molar-refractivity contribution in [3.63, 3.8) is 0 Å². The number of carboxylic acids is 1. The highest BCUT2D eigenvalue weighted by atomic mass is 35.5. The molecular formula is C18H16ClN3O2S. The van der Waals surface area contributed by atoms with E-state index in [2.05, 4.69) is 9.98 Å². The Kier molecular flexibility index (Phi) is 4.74. The maximum absolute atomic E-state index is 11.7. The Labute approximate surface area is 154 Å². The van der Waals surface area contributed by atoms with Crippen LogP contribution in [0.3, 0.4) is 0 Å². The van der Waals surface area contributed by atoms with E-state index in [4.69, 9.17) is 11.6 Å². The molecule has 0 unspecified atom stereocenters. The highest BCUT2D eigenvalue weighted by molar-refractivity contribution is 7.21. The summed E-state index contributed by atoms with van der Waals surface area (Å²) in [6.45, 7) is 1.89. The van der Waals surface area contributed by atoms with Gasteiger partial charge in [-0.15, -0.1) is 11.3 Å². The average Bonchev–Trinajstić information content (AvgIpc) is 2.91. The van der Waals surface area contributed by atoms with Gasteiger partial charge >= 0.3 is 5.97 Å². The van der Waals surface area contributed by atoms with E-state index in [1.807, 2.05) is 51.4 Å². The van der Waals surface area contributed by atoms with Crippen LogP contribution >= 0.6 is 22.9 Å². The van der Waals surface area contributed by atoms with Crippen molar-refractivity contribution in [2.75, 3.05) is 14.1 Å². The quantitative estimate of drug-likeness (QED) is 0.524. The van der Waals surface area contributed by atoms with Crippen LogP contribution in [-0.4, -0.2) is 41.4 Å². The number of hydrogen-bond acceptors (Lipinski definition) is 4. The van der Waals surface area contributed by atoms with Crippen LogP contribution in [0.25, 0.3) is 21.3 Å². The number of aromatic carboxylic acids is 1. The summed E-state index contributed by atoms with van der Waals surface area (Å²) in [6.07, 6.45) is 1.60. The summed E-state index contributed by atoms with van der Waals surface area (Å²) in [5, 5.41) is 11.0. The molecule has 0 amide bonds. The Bertz CT molecular complexity index is 978. The third-order valence-corrected chi connectivity index (χ3v) is 4.85. The van der Waals surface area contributed by atoms with Crippen LogP contribution in [-0.2, 0) is 0 Å². The second-order valence-electron chi connectivity index (χ2n) is 5.79. The Hall–Kier alpha value is -2.44. The fraction of sp³-hybridized carbons (Fsp3) is 0.167. The molecule has 0 aliphatic carbocycles. The minimum atomic E-state index is -1.01. The van der Waals surface area contributed by atoms with Gasteiger partial charge < -0.3 is 10.0 Å². The number of halogens is 1. The van der Waals surface area contributed by atoms with E-state index in [-0.39, 0.29) is 4.88 Å². The van der Waals surface area contributed by atoms with Crippen LogP contribution < -0.4 is 0 Å². The number of benzene rings is 1. The molecule has 5 nitrogen and oxygen atoms in total. The zero-order chi connectivity index (χ0) is 18.1. The maximum atomic E-state index is 11.7. The second kappa shape index (κ2) is 6.82. The summed E-state index contributed by atoms with van der Waals surface area (Å²) in [5.41, 5.74) is 3.09. The minimum absolute atomic E-state index is 0.182. The van der Waals surface area contributed by atoms with Gasteiger partial charge in [0.2, 0.25) is 0 Å². The van der Waals surface area contributed by atoms with Gasteiger partial charge in [-0.05, 0) is 36.2 Å². The molecule has 1 aromatic carbocycles. The largest absolute Gasteiger partial charge is 0.477 e. The molecule has 1 N–H and O–H groups in total. The number of hydrogen-bond donors (Lipinski definition) is 1. The van der Waals surface area contributed by atoms with Crippen molar-refractivity contribution in [1.82, 2.24) is 9.88 Å². The summed E-state index contributed by atoms with van der Waals surface area (Å²) in [5.74, 6) is -1.01. The molecule has 0 atom stereocenters. The smallest absolute Gasteiger partial charge is 0.348 e. The van der Waals surface area contributed by atoms with Crippen molar-refractivity contribution in [1.29, 1.82) is 0 Å².